The monoisotopic (exact) mass is 1080 g/mol. The van der Waals surface area contributed by atoms with Gasteiger partial charge in [-0.3, -0.25) is 9.59 Å². The SMILES string of the molecule is COc1cc2c(cc1OC)[C@@H](Cc1cc(OC)c(OC)c(OC)c1)[N@@+](C)(CCCC(CCC[N@@+]1(C)CCc3cc(OC)c(OC)cc3[C@H]1Cc1cc(OC)c(OC)c(OC)c1)(C(=O)O)C(Cl)C(=O)O)CC2.[Cl-].[Cl-]. The fourth-order valence-electron chi connectivity index (χ4n) is 11.3. The van der Waals surface area contributed by atoms with Crippen LogP contribution in [0.5, 0.6) is 57.5 Å². The van der Waals surface area contributed by atoms with Gasteiger partial charge in [-0.15, -0.1) is 11.6 Å². The molecule has 0 saturated heterocycles. The average Bonchev–Trinajstić information content (AvgIpc) is 3.37. The van der Waals surface area contributed by atoms with Gasteiger partial charge in [-0.05, 0) is 96.5 Å². The summed E-state index contributed by atoms with van der Waals surface area (Å²) in [6, 6.07) is 15.7. The number of carboxylic acids is 2. The van der Waals surface area contributed by atoms with Gasteiger partial charge in [-0.2, -0.15) is 0 Å². The smallest absolute Gasteiger partial charge is 0.322 e. The van der Waals surface area contributed by atoms with E-state index in [9.17, 15) is 19.8 Å². The Morgan fingerprint density at radius 1 is 0.534 bits per heavy atom. The molecule has 2 N–H and O–H groups in total. The number of methoxy groups -OCH3 is 10. The molecule has 5 atom stereocenters. The molecule has 4 aromatic rings. The maximum Gasteiger partial charge on any atom is 0.322 e. The summed E-state index contributed by atoms with van der Waals surface area (Å²) in [5.74, 6) is 2.99. The summed E-state index contributed by atoms with van der Waals surface area (Å²) in [5.41, 5.74) is 4.52. The minimum Gasteiger partial charge on any atom is -1.00 e. The molecule has 2 aliphatic heterocycles. The summed E-state index contributed by atoms with van der Waals surface area (Å²) in [6.45, 7) is 2.52. The number of benzene rings is 4. The number of ether oxygens (including phenoxy) is 10. The van der Waals surface area contributed by atoms with Gasteiger partial charge in [0.15, 0.2) is 46.0 Å². The number of halogens is 3. The van der Waals surface area contributed by atoms with Crippen molar-refractivity contribution in [1.82, 2.24) is 0 Å². The van der Waals surface area contributed by atoms with E-state index in [-0.39, 0.29) is 49.7 Å². The number of nitrogens with zero attached hydrogens (tertiary/aromatic N) is 2. The number of carboxylic acid groups (broad SMARTS) is 2. The van der Waals surface area contributed by atoms with Crippen LogP contribution < -0.4 is 72.2 Å². The molecule has 2 aliphatic rings. The Bertz CT molecular complexity index is 2340. The first-order valence-electron chi connectivity index (χ1n) is 23.8. The van der Waals surface area contributed by atoms with Gasteiger partial charge < -0.3 is 91.4 Å². The van der Waals surface area contributed by atoms with Crippen LogP contribution in [0.15, 0.2) is 48.5 Å². The zero-order chi connectivity index (χ0) is 51.8. The predicted molar refractivity (Wildman–Crippen MR) is 269 cm³/mol. The van der Waals surface area contributed by atoms with Crippen LogP contribution in [0.4, 0.5) is 0 Å². The molecule has 73 heavy (non-hydrogen) atoms. The quantitative estimate of drug-likeness (QED) is 0.0734. The van der Waals surface area contributed by atoms with Crippen LogP contribution in [0.3, 0.4) is 0 Å². The van der Waals surface area contributed by atoms with Crippen LogP contribution >= 0.6 is 11.6 Å². The summed E-state index contributed by atoms with van der Waals surface area (Å²) in [5, 5.41) is 20.1. The summed E-state index contributed by atoms with van der Waals surface area (Å²) in [4.78, 5) is 26.7. The number of likely N-dealkylation sites (N-methyl/N-ethyl adjacent to an activating group) is 2. The zero-order valence-electron chi connectivity index (χ0n) is 44.2. The first-order valence-corrected chi connectivity index (χ1v) is 24.3. The van der Waals surface area contributed by atoms with Crippen LogP contribution in [0, 0.1) is 5.41 Å². The molecule has 1 unspecified atom stereocenters. The molecule has 2 heterocycles. The lowest BCUT2D eigenvalue weighted by Gasteiger charge is -2.47. The van der Waals surface area contributed by atoms with E-state index in [1.165, 1.54) is 0 Å². The van der Waals surface area contributed by atoms with Crippen molar-refractivity contribution in [2.45, 2.75) is 68.8 Å². The van der Waals surface area contributed by atoms with Crippen LogP contribution in [-0.4, -0.2) is 148 Å². The molecule has 19 heteroatoms. The minimum atomic E-state index is -1.78. The number of rotatable bonds is 25. The molecular weight excluding hydrogens is 1010 g/mol. The number of alkyl halides is 1. The van der Waals surface area contributed by atoms with Crippen molar-refractivity contribution in [3.63, 3.8) is 0 Å². The number of carbonyl (C=O) groups is 2. The van der Waals surface area contributed by atoms with Gasteiger partial charge in [0, 0.05) is 36.8 Å². The second-order valence-corrected chi connectivity index (χ2v) is 19.5. The molecule has 0 aromatic heterocycles. The topological polar surface area (TPSA) is 167 Å². The first kappa shape index (κ1) is 60.2. The molecule has 4 aromatic carbocycles. The van der Waals surface area contributed by atoms with Gasteiger partial charge >= 0.3 is 11.9 Å². The average molecular weight is 1080 g/mol. The van der Waals surface area contributed by atoms with Gasteiger partial charge in [-0.25, -0.2) is 0 Å². The first-order chi connectivity index (χ1) is 34.0. The van der Waals surface area contributed by atoms with Crippen LogP contribution in [0.25, 0.3) is 0 Å². The van der Waals surface area contributed by atoms with E-state index in [0.29, 0.717) is 105 Å². The van der Waals surface area contributed by atoms with Crippen molar-refractivity contribution in [1.29, 1.82) is 0 Å². The maximum absolute atomic E-state index is 13.8. The molecule has 0 fully saturated rings. The van der Waals surface area contributed by atoms with E-state index in [0.717, 1.165) is 59.3 Å². The molecule has 6 rings (SSSR count). The molecule has 0 bridgehead atoms. The number of hydrogen-bond donors (Lipinski definition) is 2. The third-order valence-corrected chi connectivity index (χ3v) is 15.9. The van der Waals surface area contributed by atoms with Gasteiger partial charge in [0.25, 0.3) is 0 Å². The Morgan fingerprint density at radius 2 is 0.849 bits per heavy atom. The third-order valence-electron chi connectivity index (χ3n) is 15.3. The Morgan fingerprint density at radius 3 is 1.12 bits per heavy atom. The maximum atomic E-state index is 13.8. The van der Waals surface area contributed by atoms with Crippen LogP contribution in [0.2, 0.25) is 0 Å². The predicted octanol–water partition coefficient (Wildman–Crippen LogP) is 2.38. The lowest BCUT2D eigenvalue weighted by atomic mass is 9.75. The Balaban J connectivity index is 0.00000578. The Kier molecular flexibility index (Phi) is 21.2. The lowest BCUT2D eigenvalue weighted by Crippen LogP contribution is -3.00. The van der Waals surface area contributed by atoms with Gasteiger partial charge in [0.05, 0.1) is 117 Å². The van der Waals surface area contributed by atoms with Crippen LogP contribution in [0.1, 0.15) is 71.1 Å². The highest BCUT2D eigenvalue weighted by molar-refractivity contribution is 6.31. The second-order valence-electron chi connectivity index (χ2n) is 19.0. The van der Waals surface area contributed by atoms with Crippen molar-refractivity contribution < 1.29 is 101 Å². The molecule has 0 spiro atoms. The van der Waals surface area contributed by atoms with Gasteiger partial charge in [0.2, 0.25) is 11.5 Å². The third kappa shape index (κ3) is 12.3. The summed E-state index contributed by atoms with van der Waals surface area (Å²) in [7, 11) is 20.3. The van der Waals surface area contributed by atoms with Gasteiger partial charge in [0.1, 0.15) is 17.5 Å². The zero-order valence-corrected chi connectivity index (χ0v) is 46.4. The highest BCUT2D eigenvalue weighted by Gasteiger charge is 2.50. The molecule has 404 valence electrons. The Hall–Kier alpha value is -5.39. The van der Waals surface area contributed by atoms with E-state index in [1.54, 1.807) is 71.1 Å². The second kappa shape index (κ2) is 25.7. The van der Waals surface area contributed by atoms with Crippen molar-refractivity contribution in [3.05, 3.63) is 81.9 Å². The number of quaternary nitrogens is 2. The standard InChI is InChI=1S/C54H71ClN2O14.2ClH/c1-56(21-15-35-29-41(62-3)43(64-5)31-37(35)39(56)23-33-25-45(66-7)49(70-11)46(26-33)67-8)19-13-17-54(53(60)61,51(55)52(58)59)18-14-20-57(2)22-16-36-30-42(63-4)44(65-6)32-38(36)40(57)24-34-27-47(68-9)50(71-12)48(28-34)69-10;;/h25-32,39-40,51H,13-24H2,1-12H3;2*1H/t39-,40-,51?,56+,57+;;/m1../s1. The van der Waals surface area contributed by atoms with Crippen LogP contribution in [-0.2, 0) is 35.3 Å². The minimum absolute atomic E-state index is 0. The highest BCUT2D eigenvalue weighted by atomic mass is 35.5. The molecule has 0 amide bonds. The van der Waals surface area contributed by atoms with E-state index in [2.05, 4.69) is 14.1 Å². The largest absolute Gasteiger partial charge is 1.00 e. The summed E-state index contributed by atoms with van der Waals surface area (Å²) in [6.07, 6.45) is 3.44. The van der Waals surface area contributed by atoms with Gasteiger partial charge in [-0.1, -0.05) is 0 Å². The van der Waals surface area contributed by atoms with E-state index in [4.69, 9.17) is 59.0 Å². The van der Waals surface area contributed by atoms with Crippen molar-refractivity contribution in [3.8, 4) is 57.5 Å². The molecule has 0 radical (unpaired) electrons. The Labute approximate surface area is 447 Å². The number of aliphatic carboxylic acids is 2. The van der Waals surface area contributed by atoms with E-state index >= 15 is 0 Å². The summed E-state index contributed by atoms with van der Waals surface area (Å²) < 4.78 is 58.4. The summed E-state index contributed by atoms with van der Waals surface area (Å²) >= 11 is 6.83. The van der Waals surface area contributed by atoms with Crippen molar-refractivity contribution in [2.75, 3.05) is 111 Å². The van der Waals surface area contributed by atoms with E-state index in [1.807, 2.05) is 48.5 Å². The normalized spacial score (nSPS) is 19.3. The fourth-order valence-corrected chi connectivity index (χ4v) is 11.6. The number of hydrogen-bond acceptors (Lipinski definition) is 12. The highest BCUT2D eigenvalue weighted by Crippen LogP contribution is 2.48. The lowest BCUT2D eigenvalue weighted by molar-refractivity contribution is -0.941. The van der Waals surface area contributed by atoms with E-state index < -0.39 is 22.7 Å². The molecule has 16 nitrogen and oxygen atoms in total. The number of fused-ring (bicyclic) bond motifs is 2. The fraction of sp³-hybridized carbons (Fsp3) is 0.519. The molecular formula is C54H73Cl3N2O14. The molecule has 0 aliphatic carbocycles. The van der Waals surface area contributed by atoms with Crippen molar-refractivity contribution >= 4 is 23.5 Å². The van der Waals surface area contributed by atoms with Crippen molar-refractivity contribution in [2.24, 2.45) is 5.41 Å². The molecule has 0 saturated carbocycles.